The number of benzene rings is 9. The summed E-state index contributed by atoms with van der Waals surface area (Å²) in [5.74, 6) is -31.3. The van der Waals surface area contributed by atoms with Gasteiger partial charge in [0.15, 0.2) is 19.7 Å². The van der Waals surface area contributed by atoms with E-state index < -0.39 is 522 Å². The van der Waals surface area contributed by atoms with Crippen LogP contribution < -0.4 is 62.1 Å². The van der Waals surface area contributed by atoms with Crippen LogP contribution in [0.1, 0.15) is 261 Å². The number of rotatable bonds is 45. The summed E-state index contributed by atoms with van der Waals surface area (Å²) in [7, 11) is 0. The second kappa shape index (κ2) is 54.7. The lowest BCUT2D eigenvalue weighted by atomic mass is 9.92. The maximum Gasteiger partial charge on any atom is 0.318 e. The van der Waals surface area contributed by atoms with Gasteiger partial charge >= 0.3 is 18.1 Å². The predicted molar refractivity (Wildman–Crippen MR) is 539 cm³/mol. The smallest absolute Gasteiger partial charge is 0.318 e. The Hall–Kier alpha value is -13.1. The van der Waals surface area contributed by atoms with Gasteiger partial charge in [-0.3, -0.25) is 28.8 Å². The van der Waals surface area contributed by atoms with Crippen LogP contribution in [0.4, 0.5) is 14.4 Å². The molecule has 27 nitrogen and oxygen atoms in total. The van der Waals surface area contributed by atoms with Crippen LogP contribution in [0.3, 0.4) is 0 Å². The molecule has 0 saturated carbocycles. The van der Waals surface area contributed by atoms with Crippen molar-refractivity contribution in [2.24, 2.45) is 17.7 Å². The second-order valence-electron chi connectivity index (χ2n) is 28.7. The van der Waals surface area contributed by atoms with E-state index in [0.717, 1.165) is 0 Å². The van der Waals surface area contributed by atoms with Gasteiger partial charge in [-0.25, -0.2) is 14.4 Å². The van der Waals surface area contributed by atoms with Crippen molar-refractivity contribution in [1.29, 1.82) is 0 Å². The Labute approximate surface area is 932 Å². The molecule has 0 radical (unpaired) electrons. The predicted octanol–water partition coefficient (Wildman–Crippen LogP) is 13.0. The standard InChI is InChI=1S/3C37H48N4O5/c3*1-25(2)34(41-20-12-19-38-37(41)45)36(44)39-30(21-28-15-7-5-8-16-28)23-32(42)31(22-29-17-9-6-10-18-29)40-33(43)24-46-35-26(3)13-11-14-27(35)4/h3*5-11,13-18,25,30-32,34,42H,12,19-24H2,1-4H3,(H,38,45)(H,39,44)(H,40,43)/t3*30-,31-,32-,34-/m000/s1/i1D3,2D3,3D3,4D3,6D,9D,10D,11D,12D2,13D,14D,17D,18D,19D2,20D2,22D2,24D2,25D,31D,34D;1D3,2D3,3D3,4D3,6D,9D,10D,11D,13D,14D,17D,18D,22D2,24D2,25D,31D,34D;1D3,2D3,6D,9D,10D,12D2,17D,18D,19D2,20D2,22D2,24D2,25D,31D,34D. The van der Waals surface area contributed by atoms with Crippen molar-refractivity contribution in [2.75, 3.05) is 58.8 Å². The third-order valence-electron chi connectivity index (χ3n) is 18.7. The van der Waals surface area contributed by atoms with Gasteiger partial charge in [-0.2, -0.15) is 0 Å². The van der Waals surface area contributed by atoms with Crippen molar-refractivity contribution in [3.63, 3.8) is 0 Å². The first kappa shape index (κ1) is 40.4. The maximum atomic E-state index is 15.0. The number of carbonyl (C=O) groups is 9. The van der Waals surface area contributed by atoms with Crippen molar-refractivity contribution in [3.8, 4) is 17.2 Å². The van der Waals surface area contributed by atoms with Gasteiger partial charge in [-0.05, 0) is 203 Å². The Morgan fingerprint density at radius 2 is 0.696 bits per heavy atom. The number of hydrogen-bond donors (Lipinski definition) is 12. The maximum absolute atomic E-state index is 15.0. The van der Waals surface area contributed by atoms with Gasteiger partial charge in [0.05, 0.1) is 81.6 Å². The number of urea groups is 3. The van der Waals surface area contributed by atoms with Crippen LogP contribution in [0.15, 0.2) is 236 Å². The highest BCUT2D eigenvalue weighted by molar-refractivity contribution is 5.90. The number of hydrogen-bond acceptors (Lipinski definition) is 15. The van der Waals surface area contributed by atoms with Crippen molar-refractivity contribution in [1.82, 2.24) is 62.6 Å². The normalized spacial score (nSPS) is 30.0. The fourth-order valence-corrected chi connectivity index (χ4v) is 12.6. The number of aliphatic hydroxyl groups is 3. The molecule has 738 valence electrons. The SMILES string of the molecule is [2H]c1c([2H])c([2H])c(C([2H])([2H])[C@]([2H])(NC(=O)C([2H])([2H])Oc2c(C([2H])([2H])[2H])c([2H])c([2H])c([2H])c2C([2H])([2H])[2H])[C@@H](O)C[C@H](Cc2ccccc2)NC(=O)[C@@]([2H])(N2C(=O)NC([2H])([2H])C([2H])([2H])C2([2H])[2H])C([2H])(C([2H])([2H])[2H])C([2H])([2H])[2H])c([2H])c1[2H].[2H]c1c([2H])c([2H])c(C([2H])([2H])[C@]([2H])(NC(=O)C([2H])([2H])Oc2c(C([2H])([2H])[2H])c([2H])c([2H])c([2H])c2C([2H])([2H])[2H])[C@@H](O)C[C@H](Cc2ccccc2)NC(=O)[C@@]([2H])(N2CCCNC2=O)C([2H])(C([2H])([2H])[2H])C([2H])([2H])[2H])c([2H])c1[2H].[2H]c1c([2H])c([2H])c(C([2H])([2H])[C@]([2H])(NC(=O)C([2H])([2H])Oc2c(C)cccc2C)[C@@H](O)C[C@H](Cc2ccccc2)NC(=O)[C@@]([2H])(N2C(=O)NC([2H])([2H])C([2H])([2H])C2([2H])[2H])C([2H])(C([2H])([2H])[2H])C([2H])([2H])[2H])c([2H])c1[2H]. The number of para-hydroxylation sites is 3. The Morgan fingerprint density at radius 1 is 0.391 bits per heavy atom. The average Bonchev–Trinajstić information content (AvgIpc) is 0.674. The Kier molecular flexibility index (Phi) is 16.0. The van der Waals surface area contributed by atoms with Crippen molar-refractivity contribution in [2.45, 2.75) is 232 Å². The van der Waals surface area contributed by atoms with Crippen LogP contribution in [0.25, 0.3) is 0 Å². The first-order valence-corrected chi connectivity index (χ1v) is 40.5. The Bertz CT molecular complexity index is 9460. The highest BCUT2D eigenvalue weighted by Crippen LogP contribution is 2.29. The molecule has 12 amide bonds. The first-order chi connectivity index (χ1) is 99.5. The second-order valence-corrected chi connectivity index (χ2v) is 28.7. The van der Waals surface area contributed by atoms with Gasteiger partial charge in [-0.15, -0.1) is 0 Å². The molecule has 12 N–H and O–H groups in total. The summed E-state index contributed by atoms with van der Waals surface area (Å²) in [6.07, 6.45) is -36.5. The number of aliphatic hydroxyl groups excluding tert-OH is 3. The van der Waals surface area contributed by atoms with Gasteiger partial charge in [0, 0.05) is 127 Å². The minimum absolute atomic E-state index is 0.0238. The van der Waals surface area contributed by atoms with Crippen LogP contribution in [-0.2, 0) is 67.1 Å². The summed E-state index contributed by atoms with van der Waals surface area (Å²) in [5, 5.41) is 52.1. The molecule has 0 unspecified atom stereocenters. The van der Waals surface area contributed by atoms with E-state index in [9.17, 15) is 70.1 Å². The quantitative estimate of drug-likeness (QED) is 0.0169. The minimum atomic E-state index is -4.88. The topological polar surface area (TPSA) is 360 Å². The summed E-state index contributed by atoms with van der Waals surface area (Å²) in [5.41, 5.74) is -9.74. The zero-order chi connectivity index (χ0) is 172. The highest BCUT2D eigenvalue weighted by Gasteiger charge is 2.40. The van der Waals surface area contributed by atoms with Gasteiger partial charge in [0.2, 0.25) is 17.7 Å². The fraction of sp³-hybridized carbons (Fsp3) is 0.432. The minimum Gasteiger partial charge on any atom is -0.483 e. The van der Waals surface area contributed by atoms with E-state index in [1.807, 2.05) is 10.6 Å². The lowest BCUT2D eigenvalue weighted by molar-refractivity contribution is -0.129. The summed E-state index contributed by atoms with van der Waals surface area (Å²) in [6.45, 7) is -67.3. The van der Waals surface area contributed by atoms with Crippen LogP contribution in [-0.4, -0.2) is 215 Å². The summed E-state index contributed by atoms with van der Waals surface area (Å²) >= 11 is 0. The molecule has 3 aliphatic heterocycles. The van der Waals surface area contributed by atoms with E-state index in [4.69, 9.17) is 113 Å². The van der Waals surface area contributed by atoms with E-state index in [1.165, 1.54) is 138 Å². The molecule has 0 bridgehead atoms. The van der Waals surface area contributed by atoms with E-state index in [0.29, 0.717) is 0 Å². The number of nitrogens with one attached hydrogen (secondary N) is 9. The molecule has 0 spiro atoms. The average molecular weight is 1970 g/mol. The molecule has 3 aliphatic rings. The van der Waals surface area contributed by atoms with Crippen molar-refractivity contribution < 1.29 is 188 Å². The lowest BCUT2D eigenvalue weighted by Crippen LogP contribution is -2.59. The molecular weight excluding hydrogens is 1740 g/mol. The zero-order valence-corrected chi connectivity index (χ0v) is 72.3. The van der Waals surface area contributed by atoms with Gasteiger partial charge in [0.25, 0.3) is 17.7 Å². The molecule has 3 fully saturated rings. The summed E-state index contributed by atoms with van der Waals surface area (Å²) in [6, 6.07) is -40.5. The lowest BCUT2D eigenvalue weighted by Gasteiger charge is -2.37. The van der Waals surface area contributed by atoms with Crippen LogP contribution in [0.5, 0.6) is 17.2 Å². The number of aryl methyl sites for hydroxylation is 2. The van der Waals surface area contributed by atoms with E-state index in [-0.39, 0.29) is 51.4 Å². The zero-order valence-electron chi connectivity index (χ0n) is 156. The molecule has 12 rings (SSSR count). The van der Waals surface area contributed by atoms with E-state index in [2.05, 4.69) is 10.6 Å². The molecule has 12 atom stereocenters. The molecule has 27 heteroatoms. The molecule has 9 aromatic carbocycles. The highest BCUT2D eigenvalue weighted by atomic mass is 16.5. The number of amides is 12. The monoisotopic (exact) mass is 1970 g/mol. The van der Waals surface area contributed by atoms with Crippen LogP contribution in [0.2, 0.25) is 0 Å². The number of nitrogens with zero attached hydrogens (tertiary/aromatic N) is 3. The van der Waals surface area contributed by atoms with Gasteiger partial charge < -0.3 is 92.1 Å². The van der Waals surface area contributed by atoms with Crippen LogP contribution in [0, 0.1) is 58.9 Å². The van der Waals surface area contributed by atoms with Gasteiger partial charge in [0.1, 0.15) is 35.3 Å². The molecular formula is C111H144N12O15. The molecule has 138 heavy (non-hydrogen) atoms. The van der Waals surface area contributed by atoms with Crippen LogP contribution >= 0.6 is 0 Å². The number of carbonyl (C=O) groups excluding carboxylic acids is 9. The van der Waals surface area contributed by atoms with E-state index >= 15 is 4.79 Å². The fourth-order valence-electron chi connectivity index (χ4n) is 12.6. The van der Waals surface area contributed by atoms with E-state index in [1.54, 1.807) is 11.4 Å². The molecule has 0 aliphatic carbocycles. The summed E-state index contributed by atoms with van der Waals surface area (Å²) < 4.78 is 722. The molecule has 3 saturated heterocycles. The molecule has 9 aromatic rings. The third-order valence-corrected chi connectivity index (χ3v) is 18.7. The largest absolute Gasteiger partial charge is 0.483 e. The third kappa shape index (κ3) is 33.7. The van der Waals surface area contributed by atoms with Gasteiger partial charge in [-0.1, -0.05) is 277 Å². The summed E-state index contributed by atoms with van der Waals surface area (Å²) in [4.78, 5) is 126. The molecule has 3 heterocycles. The first-order valence-electron chi connectivity index (χ1n) is 82.5. The molecule has 0 aromatic heterocycles. The van der Waals surface area contributed by atoms with Crippen molar-refractivity contribution >= 4 is 53.5 Å². The number of ether oxygens (including phenoxy) is 3. The Balaban J connectivity index is 0.000000328. The van der Waals surface area contributed by atoms with Crippen molar-refractivity contribution in [3.05, 3.63) is 303 Å². The Morgan fingerprint density at radius 3 is 1.00 bits per heavy atom.